The van der Waals surface area contributed by atoms with E-state index in [0.29, 0.717) is 27.1 Å². The highest BCUT2D eigenvalue weighted by molar-refractivity contribution is 8.76. The molecule has 0 aliphatic carbocycles. The molecule has 1 spiro atoms. The molecule has 33 heavy (non-hydrogen) atoms. The van der Waals surface area contributed by atoms with E-state index in [1.54, 1.807) is 31.4 Å². The second kappa shape index (κ2) is 10.1. The van der Waals surface area contributed by atoms with Crippen molar-refractivity contribution in [3.63, 3.8) is 0 Å². The number of aliphatic hydroxyl groups excluding tert-OH is 1. The van der Waals surface area contributed by atoms with Gasteiger partial charge in [-0.2, -0.15) is 0 Å². The standard InChI is InChI=1S/C22H26N2O6S3/c1-13-8-9-22(21(3,29)20(28)32-33(22)30)11-18(27)23-14(2)19-24-15(12-31-19)6-4-5-7-16(25)17(26)10-13/h4-7,10,12,14,17,26,29H,8-9,11H2,1-3H3,(H,23,27)/b6-4-,7-5-,13-10-/t14-,17-,21+,22-,33+/m1/s1. The van der Waals surface area contributed by atoms with E-state index in [0.717, 1.165) is 0 Å². The minimum Gasteiger partial charge on any atom is -0.381 e. The van der Waals surface area contributed by atoms with Crippen molar-refractivity contribution in [3.8, 4) is 0 Å². The van der Waals surface area contributed by atoms with E-state index in [2.05, 4.69) is 10.3 Å². The normalized spacial score (nSPS) is 37.7. The van der Waals surface area contributed by atoms with E-state index in [1.165, 1.54) is 36.5 Å². The van der Waals surface area contributed by atoms with Gasteiger partial charge in [-0.1, -0.05) is 17.7 Å². The molecule has 1 saturated heterocycles. The Kier molecular flexibility index (Phi) is 7.90. The molecule has 2 aliphatic rings. The van der Waals surface area contributed by atoms with Crippen molar-refractivity contribution in [3.05, 3.63) is 46.0 Å². The molecule has 0 unspecified atom stereocenters. The maximum atomic E-state index is 13.0. The van der Waals surface area contributed by atoms with Gasteiger partial charge in [0.05, 0.1) is 21.6 Å². The van der Waals surface area contributed by atoms with Gasteiger partial charge < -0.3 is 15.5 Å². The van der Waals surface area contributed by atoms with E-state index in [9.17, 15) is 28.8 Å². The van der Waals surface area contributed by atoms with Crippen LogP contribution in [0.4, 0.5) is 0 Å². The first kappa shape index (κ1) is 25.7. The highest BCUT2D eigenvalue weighted by atomic mass is 33.1. The van der Waals surface area contributed by atoms with E-state index in [1.807, 2.05) is 0 Å². The zero-order valence-electron chi connectivity index (χ0n) is 18.4. The summed E-state index contributed by atoms with van der Waals surface area (Å²) in [6.07, 6.45) is 6.07. The number of nitrogens with zero attached hydrogens (tertiary/aromatic N) is 1. The second-order valence-electron chi connectivity index (χ2n) is 8.33. The van der Waals surface area contributed by atoms with Crippen molar-refractivity contribution in [2.24, 2.45) is 0 Å². The predicted octanol–water partition coefficient (Wildman–Crippen LogP) is 2.38. The lowest BCUT2D eigenvalue weighted by atomic mass is 9.81. The molecule has 3 N–H and O–H groups in total. The van der Waals surface area contributed by atoms with Crippen molar-refractivity contribution < 1.29 is 28.8 Å². The molecule has 2 aliphatic heterocycles. The fourth-order valence-corrected chi connectivity index (χ4v) is 8.39. The third-order valence-corrected chi connectivity index (χ3v) is 10.8. The largest absolute Gasteiger partial charge is 0.381 e. The number of thiazole rings is 1. The van der Waals surface area contributed by atoms with Gasteiger partial charge in [0.2, 0.25) is 11.0 Å². The van der Waals surface area contributed by atoms with Crippen molar-refractivity contribution in [1.29, 1.82) is 0 Å². The Morgan fingerprint density at radius 1 is 1.24 bits per heavy atom. The van der Waals surface area contributed by atoms with Crippen LogP contribution in [0.1, 0.15) is 56.8 Å². The Bertz CT molecular complexity index is 1070. The molecular weight excluding hydrogens is 484 g/mol. The molecule has 8 nitrogen and oxygen atoms in total. The Hall–Kier alpha value is -1.92. The van der Waals surface area contributed by atoms with Crippen molar-refractivity contribution in [2.75, 3.05) is 0 Å². The first-order valence-corrected chi connectivity index (χ1v) is 13.7. The van der Waals surface area contributed by atoms with Crippen LogP contribution >= 0.6 is 22.1 Å². The number of rotatable bonds is 0. The lowest BCUT2D eigenvalue weighted by molar-refractivity contribution is -0.132. The zero-order valence-corrected chi connectivity index (χ0v) is 20.9. The predicted molar refractivity (Wildman–Crippen MR) is 130 cm³/mol. The average Bonchev–Trinajstić information content (AvgIpc) is 3.27. The van der Waals surface area contributed by atoms with E-state index in [-0.39, 0.29) is 19.3 Å². The number of hydrogen-bond donors (Lipinski definition) is 3. The summed E-state index contributed by atoms with van der Waals surface area (Å²) >= 11 is 1.35. The summed E-state index contributed by atoms with van der Waals surface area (Å²) in [6.45, 7) is 4.75. The number of amides is 1. The van der Waals surface area contributed by atoms with Gasteiger partial charge in [-0.05, 0) is 51.8 Å². The number of fused-ring (bicyclic) bond motifs is 2. The van der Waals surface area contributed by atoms with Gasteiger partial charge >= 0.3 is 0 Å². The summed E-state index contributed by atoms with van der Waals surface area (Å²) in [6, 6.07) is -0.433. The first-order chi connectivity index (χ1) is 15.5. The van der Waals surface area contributed by atoms with Crippen molar-refractivity contribution in [2.45, 2.75) is 62.5 Å². The lowest BCUT2D eigenvalue weighted by Gasteiger charge is -2.36. The number of hydrogen-bond acceptors (Lipinski definition) is 9. The third kappa shape index (κ3) is 5.43. The van der Waals surface area contributed by atoms with Gasteiger partial charge in [0.1, 0.15) is 21.5 Å². The number of aliphatic hydroxyl groups is 2. The molecule has 1 aromatic rings. The third-order valence-electron chi connectivity index (χ3n) is 5.78. The monoisotopic (exact) mass is 510 g/mol. The SMILES string of the molecule is C/C1=C/[C@@H](O)C(=O)/C=C\C=C/c2csc(n2)[C@@H](C)NC(=O)C[C@@]2(CC1)[S@@](=O)SC(=O)[C@]2(C)O. The molecule has 3 rings (SSSR count). The zero-order chi connectivity index (χ0) is 24.4. The van der Waals surface area contributed by atoms with Gasteiger partial charge in [-0.25, -0.2) is 9.19 Å². The van der Waals surface area contributed by atoms with Crippen LogP contribution in [0.2, 0.25) is 0 Å². The lowest BCUT2D eigenvalue weighted by Crippen LogP contribution is -2.55. The summed E-state index contributed by atoms with van der Waals surface area (Å²) in [7, 11) is -1.33. The first-order valence-electron chi connectivity index (χ1n) is 10.3. The van der Waals surface area contributed by atoms with Gasteiger partial charge in [-0.3, -0.25) is 14.4 Å². The molecule has 1 amide bonds. The van der Waals surface area contributed by atoms with Gasteiger partial charge in [0.15, 0.2) is 5.78 Å². The minimum absolute atomic E-state index is 0.0520. The maximum absolute atomic E-state index is 13.0. The number of allylic oxidation sites excluding steroid dienone is 3. The quantitative estimate of drug-likeness (QED) is 0.358. The van der Waals surface area contributed by atoms with Crippen molar-refractivity contribution in [1.82, 2.24) is 10.3 Å². The smallest absolute Gasteiger partial charge is 0.234 e. The number of carbonyl (C=O) groups excluding carboxylic acids is 3. The molecule has 3 heterocycles. The molecule has 5 atom stereocenters. The molecule has 0 radical (unpaired) electrons. The van der Waals surface area contributed by atoms with Crippen LogP contribution in [-0.2, 0) is 24.2 Å². The fraction of sp³-hybridized carbons (Fsp3) is 0.455. The topological polar surface area (TPSA) is 134 Å². The number of nitrogens with one attached hydrogen (secondary N) is 1. The van der Waals surface area contributed by atoms with Crippen LogP contribution < -0.4 is 5.32 Å². The molecule has 0 aromatic carbocycles. The molecule has 2 bridgehead atoms. The fourth-order valence-electron chi connectivity index (χ4n) is 3.65. The molecule has 1 fully saturated rings. The van der Waals surface area contributed by atoms with Crippen LogP contribution in [0, 0.1) is 0 Å². The van der Waals surface area contributed by atoms with E-state index < -0.39 is 49.1 Å². The average molecular weight is 511 g/mol. The Morgan fingerprint density at radius 2 is 1.94 bits per heavy atom. The molecule has 178 valence electrons. The van der Waals surface area contributed by atoms with Crippen LogP contribution in [0.25, 0.3) is 6.08 Å². The Morgan fingerprint density at radius 3 is 2.61 bits per heavy atom. The molecule has 11 heteroatoms. The number of aromatic nitrogens is 1. The number of carbonyl (C=O) groups is 3. The van der Waals surface area contributed by atoms with Gasteiger partial charge in [-0.15, -0.1) is 11.3 Å². The maximum Gasteiger partial charge on any atom is 0.234 e. The van der Waals surface area contributed by atoms with Gasteiger partial charge in [0.25, 0.3) is 0 Å². The highest BCUT2D eigenvalue weighted by Gasteiger charge is 2.63. The molecule has 0 saturated carbocycles. The van der Waals surface area contributed by atoms with Crippen LogP contribution in [0.5, 0.6) is 0 Å². The molecule has 1 aromatic heterocycles. The van der Waals surface area contributed by atoms with Crippen LogP contribution in [-0.4, -0.2) is 52.7 Å². The van der Waals surface area contributed by atoms with Crippen molar-refractivity contribution >= 4 is 54.8 Å². The van der Waals surface area contributed by atoms with Crippen LogP contribution in [0.15, 0.2) is 35.3 Å². The van der Waals surface area contributed by atoms with E-state index in [4.69, 9.17) is 0 Å². The Balaban J connectivity index is 1.99. The van der Waals surface area contributed by atoms with E-state index >= 15 is 0 Å². The summed E-state index contributed by atoms with van der Waals surface area (Å²) in [5.74, 6) is -0.969. The van der Waals surface area contributed by atoms with Crippen LogP contribution in [0.3, 0.4) is 0 Å². The summed E-state index contributed by atoms with van der Waals surface area (Å²) in [5, 5.41) is 25.8. The summed E-state index contributed by atoms with van der Waals surface area (Å²) in [5.41, 5.74) is -0.732. The summed E-state index contributed by atoms with van der Waals surface area (Å²) in [4.78, 5) is 42.0. The summed E-state index contributed by atoms with van der Waals surface area (Å²) < 4.78 is 11.5. The Labute approximate surface area is 202 Å². The van der Waals surface area contributed by atoms with Gasteiger partial charge in [0, 0.05) is 22.6 Å². The highest BCUT2D eigenvalue weighted by Crippen LogP contribution is 2.50. The molecular formula is C22H26N2O6S3. The number of ketones is 1. The minimum atomic E-state index is -1.99. The second-order valence-corrected chi connectivity index (χ2v) is 12.4.